The van der Waals surface area contributed by atoms with Crippen molar-refractivity contribution in [1.29, 1.82) is 0 Å². The van der Waals surface area contributed by atoms with Crippen molar-refractivity contribution in [3.8, 4) is 11.5 Å². The van der Waals surface area contributed by atoms with E-state index in [2.05, 4.69) is 5.10 Å². The Kier molecular flexibility index (Phi) is 5.50. The van der Waals surface area contributed by atoms with Crippen molar-refractivity contribution in [3.05, 3.63) is 95.1 Å². The molecule has 0 saturated heterocycles. The standard InChI is InChI=1S/C22H18N2O4/c1-14-5-7-16(8-6-14)22(27)28-19-11-9-15(10-12-19)20(24-23)21(26)17-3-2-4-18(25)13-17/h2-13,25H,23H2,1H3/b24-20+. The molecule has 3 rings (SSSR count). The van der Waals surface area contributed by atoms with E-state index in [-0.39, 0.29) is 17.0 Å². The number of hydrogen-bond donors (Lipinski definition) is 2. The molecule has 0 atom stereocenters. The van der Waals surface area contributed by atoms with E-state index >= 15 is 0 Å². The third kappa shape index (κ3) is 4.24. The Morgan fingerprint density at radius 3 is 2.14 bits per heavy atom. The second kappa shape index (κ2) is 8.18. The molecule has 0 saturated carbocycles. The Morgan fingerprint density at radius 1 is 0.893 bits per heavy atom. The molecule has 6 heteroatoms. The maximum absolute atomic E-state index is 12.6. The molecule has 0 aliphatic rings. The fraction of sp³-hybridized carbons (Fsp3) is 0.0455. The van der Waals surface area contributed by atoms with Gasteiger partial charge in [-0.2, -0.15) is 5.10 Å². The first-order chi connectivity index (χ1) is 13.5. The van der Waals surface area contributed by atoms with Crippen LogP contribution in [0.25, 0.3) is 0 Å². The lowest BCUT2D eigenvalue weighted by Gasteiger charge is -2.08. The first-order valence-corrected chi connectivity index (χ1v) is 8.49. The van der Waals surface area contributed by atoms with E-state index in [9.17, 15) is 14.7 Å². The maximum Gasteiger partial charge on any atom is 0.343 e. The SMILES string of the molecule is Cc1ccc(C(=O)Oc2ccc(/C(=N\N)C(=O)c3cccc(O)c3)cc2)cc1. The highest BCUT2D eigenvalue weighted by molar-refractivity contribution is 6.51. The van der Waals surface area contributed by atoms with Crippen LogP contribution in [0.15, 0.2) is 77.9 Å². The number of benzene rings is 3. The lowest BCUT2D eigenvalue weighted by molar-refractivity contribution is 0.0734. The van der Waals surface area contributed by atoms with Gasteiger partial charge in [-0.3, -0.25) is 4.79 Å². The van der Waals surface area contributed by atoms with Crippen LogP contribution in [0.3, 0.4) is 0 Å². The summed E-state index contributed by atoms with van der Waals surface area (Å²) in [5.41, 5.74) is 2.25. The van der Waals surface area contributed by atoms with Gasteiger partial charge in [0.2, 0.25) is 5.78 Å². The number of ketones is 1. The summed E-state index contributed by atoms with van der Waals surface area (Å²) in [6.45, 7) is 1.93. The minimum Gasteiger partial charge on any atom is -0.508 e. The predicted molar refractivity (Wildman–Crippen MR) is 106 cm³/mol. The van der Waals surface area contributed by atoms with Crippen LogP contribution >= 0.6 is 0 Å². The molecule has 0 spiro atoms. The smallest absolute Gasteiger partial charge is 0.343 e. The predicted octanol–water partition coefficient (Wildman–Crippen LogP) is 3.47. The molecule has 140 valence electrons. The van der Waals surface area contributed by atoms with Crippen LogP contribution in [0.2, 0.25) is 0 Å². The van der Waals surface area contributed by atoms with Crippen molar-refractivity contribution in [2.75, 3.05) is 0 Å². The van der Waals surface area contributed by atoms with Crippen molar-refractivity contribution in [3.63, 3.8) is 0 Å². The van der Waals surface area contributed by atoms with E-state index in [0.29, 0.717) is 16.9 Å². The Bertz CT molecular complexity index is 1040. The van der Waals surface area contributed by atoms with Gasteiger partial charge in [-0.25, -0.2) is 4.79 Å². The summed E-state index contributed by atoms with van der Waals surface area (Å²) < 4.78 is 5.34. The van der Waals surface area contributed by atoms with E-state index in [4.69, 9.17) is 10.6 Å². The third-order valence-electron chi connectivity index (χ3n) is 4.08. The molecule has 0 aliphatic heterocycles. The van der Waals surface area contributed by atoms with Crippen LogP contribution in [-0.4, -0.2) is 22.6 Å². The van der Waals surface area contributed by atoms with Crippen molar-refractivity contribution in [1.82, 2.24) is 0 Å². The lowest BCUT2D eigenvalue weighted by atomic mass is 10.0. The number of rotatable bonds is 5. The summed E-state index contributed by atoms with van der Waals surface area (Å²) in [6.07, 6.45) is 0. The molecule has 0 aromatic heterocycles. The number of carbonyl (C=O) groups excluding carboxylic acids is 2. The topological polar surface area (TPSA) is 102 Å². The quantitative estimate of drug-likeness (QED) is 0.178. The van der Waals surface area contributed by atoms with Gasteiger partial charge < -0.3 is 15.7 Å². The monoisotopic (exact) mass is 374 g/mol. The molecule has 0 bridgehead atoms. The largest absolute Gasteiger partial charge is 0.508 e. The average molecular weight is 374 g/mol. The zero-order valence-electron chi connectivity index (χ0n) is 15.1. The van der Waals surface area contributed by atoms with Crippen molar-refractivity contribution in [2.24, 2.45) is 10.9 Å². The Labute approximate surface area is 161 Å². The average Bonchev–Trinajstić information content (AvgIpc) is 2.70. The van der Waals surface area contributed by atoms with Crippen molar-refractivity contribution >= 4 is 17.5 Å². The maximum atomic E-state index is 12.6. The Balaban J connectivity index is 1.76. The second-order valence-corrected chi connectivity index (χ2v) is 6.14. The normalized spacial score (nSPS) is 11.1. The molecule has 3 aromatic rings. The van der Waals surface area contributed by atoms with Gasteiger partial charge in [-0.15, -0.1) is 0 Å². The first-order valence-electron chi connectivity index (χ1n) is 8.49. The fourth-order valence-electron chi connectivity index (χ4n) is 2.58. The number of phenols is 1. The number of hydrazone groups is 1. The van der Waals surface area contributed by atoms with Gasteiger partial charge in [0, 0.05) is 11.1 Å². The molecular formula is C22H18N2O4. The van der Waals surface area contributed by atoms with Crippen LogP contribution in [0.5, 0.6) is 11.5 Å². The summed E-state index contributed by atoms with van der Waals surface area (Å²) in [7, 11) is 0. The van der Waals surface area contributed by atoms with E-state index in [0.717, 1.165) is 5.56 Å². The number of ether oxygens (including phenoxy) is 1. The first kappa shape index (κ1) is 18.8. The van der Waals surface area contributed by atoms with E-state index < -0.39 is 11.8 Å². The highest BCUT2D eigenvalue weighted by Gasteiger charge is 2.17. The van der Waals surface area contributed by atoms with Crippen LogP contribution in [0, 0.1) is 6.92 Å². The summed E-state index contributed by atoms with van der Waals surface area (Å²) in [5.74, 6) is 4.81. The summed E-state index contributed by atoms with van der Waals surface area (Å²) in [6, 6.07) is 19.3. The summed E-state index contributed by atoms with van der Waals surface area (Å²) in [5, 5.41) is 13.1. The summed E-state index contributed by atoms with van der Waals surface area (Å²) in [4.78, 5) is 24.8. The third-order valence-corrected chi connectivity index (χ3v) is 4.08. The molecule has 0 heterocycles. The molecule has 0 fully saturated rings. The Hall–Kier alpha value is -3.93. The second-order valence-electron chi connectivity index (χ2n) is 6.14. The van der Waals surface area contributed by atoms with E-state index in [1.165, 1.54) is 12.1 Å². The minimum atomic E-state index is -0.476. The van der Waals surface area contributed by atoms with Crippen LogP contribution in [-0.2, 0) is 0 Å². The molecule has 0 aliphatic carbocycles. The highest BCUT2D eigenvalue weighted by Crippen LogP contribution is 2.18. The van der Waals surface area contributed by atoms with Gasteiger partial charge in [0.15, 0.2) is 0 Å². The van der Waals surface area contributed by atoms with Crippen molar-refractivity contribution in [2.45, 2.75) is 6.92 Å². The highest BCUT2D eigenvalue weighted by atomic mass is 16.5. The zero-order valence-corrected chi connectivity index (χ0v) is 15.1. The lowest BCUT2D eigenvalue weighted by Crippen LogP contribution is -2.18. The molecule has 3 N–H and O–H groups in total. The fourth-order valence-corrected chi connectivity index (χ4v) is 2.58. The molecule has 3 aromatic carbocycles. The number of carbonyl (C=O) groups is 2. The number of nitrogens with two attached hydrogens (primary N) is 1. The van der Waals surface area contributed by atoms with Gasteiger partial charge in [0.1, 0.15) is 17.2 Å². The van der Waals surface area contributed by atoms with Gasteiger partial charge >= 0.3 is 5.97 Å². The molecule has 6 nitrogen and oxygen atoms in total. The minimum absolute atomic E-state index is 0.0272. The van der Waals surface area contributed by atoms with Crippen LogP contribution < -0.4 is 10.6 Å². The number of nitrogens with zero attached hydrogens (tertiary/aromatic N) is 1. The van der Waals surface area contributed by atoms with Gasteiger partial charge in [0.25, 0.3) is 0 Å². The van der Waals surface area contributed by atoms with Gasteiger partial charge in [-0.05, 0) is 55.5 Å². The van der Waals surface area contributed by atoms with Gasteiger partial charge in [-0.1, -0.05) is 29.8 Å². The molecular weight excluding hydrogens is 356 g/mol. The number of Topliss-reactive ketones (excluding diaryl/α,β-unsaturated/α-hetero) is 1. The van der Waals surface area contributed by atoms with Crippen LogP contribution in [0.1, 0.15) is 31.8 Å². The molecule has 0 amide bonds. The molecule has 28 heavy (non-hydrogen) atoms. The summed E-state index contributed by atoms with van der Waals surface area (Å²) >= 11 is 0. The number of hydrogen-bond acceptors (Lipinski definition) is 6. The molecule has 0 radical (unpaired) electrons. The van der Waals surface area contributed by atoms with E-state index in [1.807, 2.05) is 19.1 Å². The number of phenolic OH excluding ortho intramolecular Hbond substituents is 1. The number of esters is 1. The van der Waals surface area contributed by atoms with E-state index in [1.54, 1.807) is 48.5 Å². The zero-order chi connectivity index (χ0) is 20.1. The van der Waals surface area contributed by atoms with Gasteiger partial charge in [0.05, 0.1) is 5.56 Å². The van der Waals surface area contributed by atoms with Crippen LogP contribution in [0.4, 0.5) is 0 Å². The number of aryl methyl sites for hydroxylation is 1. The van der Waals surface area contributed by atoms with Crippen molar-refractivity contribution < 1.29 is 19.4 Å². The number of aromatic hydroxyl groups is 1. The Morgan fingerprint density at radius 2 is 1.54 bits per heavy atom. The molecule has 0 unspecified atom stereocenters.